The summed E-state index contributed by atoms with van der Waals surface area (Å²) < 4.78 is 14.1. The van der Waals surface area contributed by atoms with Gasteiger partial charge in [-0.3, -0.25) is 9.88 Å². The standard InChI is InChI=1S/C23H20N2O4/c1-15(22(26)27)25(16-7-6-12-24-13-16)23(28)29-14-21-19-10-4-2-8-17(19)18-9-3-5-11-20(18)21/h2-13,15,21H,14H2,1H3,(H,26,27)/t15-/m0/s1/i14D/t14?,15-. The summed E-state index contributed by atoms with van der Waals surface area (Å²) in [5.74, 6) is -1.65. The van der Waals surface area contributed by atoms with Crippen molar-refractivity contribution >= 4 is 17.7 Å². The van der Waals surface area contributed by atoms with Crippen molar-refractivity contribution in [3.8, 4) is 11.1 Å². The van der Waals surface area contributed by atoms with E-state index < -0.39 is 30.6 Å². The molecule has 1 aliphatic carbocycles. The topological polar surface area (TPSA) is 79.7 Å². The molecular weight excluding hydrogens is 368 g/mol. The van der Waals surface area contributed by atoms with Gasteiger partial charge in [-0.2, -0.15) is 0 Å². The van der Waals surface area contributed by atoms with Gasteiger partial charge >= 0.3 is 12.1 Å². The number of hydrogen-bond acceptors (Lipinski definition) is 4. The molecule has 3 aromatic rings. The molecule has 1 aliphatic rings. The van der Waals surface area contributed by atoms with Crippen LogP contribution in [0.2, 0.25) is 0 Å². The summed E-state index contributed by atoms with van der Waals surface area (Å²) in [7, 11) is 0. The van der Waals surface area contributed by atoms with Crippen molar-refractivity contribution in [2.75, 3.05) is 11.5 Å². The van der Waals surface area contributed by atoms with Crippen LogP contribution in [-0.2, 0) is 9.53 Å². The van der Waals surface area contributed by atoms with E-state index in [1.54, 1.807) is 12.1 Å². The predicted molar refractivity (Wildman–Crippen MR) is 109 cm³/mol. The highest BCUT2D eigenvalue weighted by Crippen LogP contribution is 2.44. The highest BCUT2D eigenvalue weighted by Gasteiger charge is 2.32. The Bertz CT molecular complexity index is 1040. The number of carboxylic acid groups (broad SMARTS) is 1. The third-order valence-corrected chi connectivity index (χ3v) is 5.05. The third kappa shape index (κ3) is 3.45. The Morgan fingerprint density at radius 2 is 1.72 bits per heavy atom. The first-order chi connectivity index (χ1) is 14.5. The van der Waals surface area contributed by atoms with E-state index in [0.29, 0.717) is 0 Å². The number of hydrogen-bond donors (Lipinski definition) is 1. The number of rotatable bonds is 5. The quantitative estimate of drug-likeness (QED) is 0.703. The van der Waals surface area contributed by atoms with E-state index in [9.17, 15) is 14.7 Å². The maximum Gasteiger partial charge on any atom is 0.415 e. The van der Waals surface area contributed by atoms with Crippen LogP contribution in [0.25, 0.3) is 11.1 Å². The van der Waals surface area contributed by atoms with Crippen LogP contribution in [0, 0.1) is 0 Å². The summed E-state index contributed by atoms with van der Waals surface area (Å²) in [5.41, 5.74) is 4.12. The molecular formula is C23H20N2O4. The largest absolute Gasteiger partial charge is 0.480 e. The lowest BCUT2D eigenvalue weighted by Gasteiger charge is -2.26. The van der Waals surface area contributed by atoms with Gasteiger partial charge in [0.2, 0.25) is 0 Å². The van der Waals surface area contributed by atoms with Crippen LogP contribution < -0.4 is 4.90 Å². The van der Waals surface area contributed by atoms with E-state index in [4.69, 9.17) is 6.11 Å². The van der Waals surface area contributed by atoms with Crippen molar-refractivity contribution in [2.24, 2.45) is 0 Å². The van der Waals surface area contributed by atoms with Crippen LogP contribution in [0.15, 0.2) is 73.1 Å². The molecule has 0 radical (unpaired) electrons. The molecule has 6 heteroatoms. The van der Waals surface area contributed by atoms with E-state index >= 15 is 0 Å². The maximum atomic E-state index is 13.0. The van der Waals surface area contributed by atoms with E-state index in [-0.39, 0.29) is 5.69 Å². The first-order valence-electron chi connectivity index (χ1n) is 9.80. The Balaban J connectivity index is 1.65. The second-order valence-corrected chi connectivity index (χ2v) is 6.77. The van der Waals surface area contributed by atoms with Gasteiger partial charge in [-0.05, 0) is 41.3 Å². The number of carbonyl (C=O) groups is 2. The number of aromatic nitrogens is 1. The number of benzene rings is 2. The number of ether oxygens (including phenoxy) is 1. The van der Waals surface area contributed by atoms with E-state index in [1.807, 2.05) is 48.5 Å². The molecule has 2 aromatic carbocycles. The number of fused-ring (bicyclic) bond motifs is 3. The number of pyridine rings is 1. The number of carbonyl (C=O) groups excluding carboxylic acids is 1. The van der Waals surface area contributed by atoms with Crippen molar-refractivity contribution in [3.05, 3.63) is 84.2 Å². The highest BCUT2D eigenvalue weighted by molar-refractivity contribution is 5.94. The molecule has 1 unspecified atom stereocenters. The number of nitrogens with zero attached hydrogens (tertiary/aromatic N) is 2. The monoisotopic (exact) mass is 389 g/mol. The van der Waals surface area contributed by atoms with Crippen molar-refractivity contribution in [2.45, 2.75) is 18.9 Å². The zero-order chi connectivity index (χ0) is 21.3. The fraction of sp³-hybridized carbons (Fsp3) is 0.174. The number of amides is 1. The minimum atomic E-state index is -1.25. The molecule has 1 amide bonds. The minimum Gasteiger partial charge on any atom is -0.480 e. The van der Waals surface area contributed by atoms with Gasteiger partial charge in [-0.25, -0.2) is 9.59 Å². The summed E-state index contributed by atoms with van der Waals surface area (Å²) >= 11 is 0. The van der Waals surface area contributed by atoms with Gasteiger partial charge < -0.3 is 9.84 Å². The molecule has 1 N–H and O–H groups in total. The molecule has 0 saturated carbocycles. The molecule has 1 aromatic heterocycles. The second kappa shape index (κ2) is 7.75. The molecule has 29 heavy (non-hydrogen) atoms. The Labute approximate surface area is 169 Å². The Morgan fingerprint density at radius 3 is 2.28 bits per heavy atom. The zero-order valence-electron chi connectivity index (χ0n) is 16.7. The molecule has 146 valence electrons. The first kappa shape index (κ1) is 17.4. The molecule has 0 saturated heterocycles. The van der Waals surface area contributed by atoms with Crippen LogP contribution in [0.1, 0.15) is 25.3 Å². The van der Waals surface area contributed by atoms with Gasteiger partial charge in [-0.15, -0.1) is 0 Å². The van der Waals surface area contributed by atoms with E-state index in [2.05, 4.69) is 4.98 Å². The van der Waals surface area contributed by atoms with E-state index in [0.717, 1.165) is 27.2 Å². The Morgan fingerprint density at radius 1 is 1.10 bits per heavy atom. The van der Waals surface area contributed by atoms with Gasteiger partial charge in [0.1, 0.15) is 12.6 Å². The Hall–Kier alpha value is -3.67. The van der Waals surface area contributed by atoms with Crippen molar-refractivity contribution in [1.29, 1.82) is 0 Å². The molecule has 2 atom stereocenters. The predicted octanol–water partition coefficient (Wildman–Crippen LogP) is 4.31. The van der Waals surface area contributed by atoms with Crippen molar-refractivity contribution < 1.29 is 20.8 Å². The lowest BCUT2D eigenvalue weighted by molar-refractivity contribution is -0.138. The maximum absolute atomic E-state index is 13.0. The number of anilines is 1. The second-order valence-electron chi connectivity index (χ2n) is 6.77. The summed E-state index contributed by atoms with van der Waals surface area (Å²) in [5, 5.41) is 9.45. The Kier molecular flexibility index (Phi) is 4.66. The number of carboxylic acids is 1. The molecule has 6 nitrogen and oxygen atoms in total. The van der Waals surface area contributed by atoms with Crippen LogP contribution in [-0.4, -0.2) is 34.8 Å². The fourth-order valence-corrected chi connectivity index (χ4v) is 3.62. The van der Waals surface area contributed by atoms with Crippen LogP contribution in [0.5, 0.6) is 0 Å². The van der Waals surface area contributed by atoms with Crippen LogP contribution >= 0.6 is 0 Å². The van der Waals surface area contributed by atoms with Gasteiger partial charge in [0.15, 0.2) is 0 Å². The van der Waals surface area contributed by atoms with Crippen molar-refractivity contribution in [1.82, 2.24) is 4.98 Å². The zero-order valence-corrected chi connectivity index (χ0v) is 15.7. The molecule has 4 rings (SSSR count). The van der Waals surface area contributed by atoms with Gasteiger partial charge in [-0.1, -0.05) is 48.5 Å². The third-order valence-electron chi connectivity index (χ3n) is 5.05. The summed E-state index contributed by atoms with van der Waals surface area (Å²) in [6.45, 7) is 0.137. The summed E-state index contributed by atoms with van der Waals surface area (Å²) in [4.78, 5) is 29.5. The highest BCUT2D eigenvalue weighted by atomic mass is 16.6. The summed E-state index contributed by atoms with van der Waals surface area (Å²) in [6, 6.07) is 17.5. The van der Waals surface area contributed by atoms with Gasteiger partial charge in [0.25, 0.3) is 0 Å². The average Bonchev–Trinajstić information content (AvgIpc) is 3.09. The first-order valence-corrected chi connectivity index (χ1v) is 9.22. The molecule has 0 aliphatic heterocycles. The molecule has 0 bridgehead atoms. The molecule has 0 fully saturated rings. The average molecular weight is 389 g/mol. The molecule has 0 spiro atoms. The lowest BCUT2D eigenvalue weighted by Crippen LogP contribution is -2.44. The number of aliphatic carboxylic acids is 1. The van der Waals surface area contributed by atoms with Gasteiger partial charge in [0, 0.05) is 12.1 Å². The normalized spacial score (nSPS) is 14.9. The van der Waals surface area contributed by atoms with Crippen LogP contribution in [0.3, 0.4) is 0 Å². The fourth-order valence-electron chi connectivity index (χ4n) is 3.62. The van der Waals surface area contributed by atoms with Gasteiger partial charge in [0.05, 0.1) is 13.3 Å². The molecule has 1 heterocycles. The summed E-state index contributed by atoms with van der Waals surface area (Å²) in [6.07, 6.45) is 2.01. The van der Waals surface area contributed by atoms with Crippen LogP contribution in [0.4, 0.5) is 10.5 Å². The van der Waals surface area contributed by atoms with E-state index in [1.165, 1.54) is 19.3 Å². The smallest absolute Gasteiger partial charge is 0.415 e. The lowest BCUT2D eigenvalue weighted by atomic mass is 9.98. The minimum absolute atomic E-state index is 0.289. The van der Waals surface area contributed by atoms with Crippen molar-refractivity contribution in [3.63, 3.8) is 0 Å². The SMILES string of the molecule is [2H]C(OC(=O)N(c1cccnc1)[C@@H](C)C(=O)O)C1c2ccccc2-c2ccccc21.